The molecule has 6 heteroatoms. The number of nitrogens with zero attached hydrogens (tertiary/aromatic N) is 6. The van der Waals surface area contributed by atoms with Gasteiger partial charge in [0.1, 0.15) is 13.1 Å². The topological polar surface area (TPSA) is 39.0 Å². The van der Waals surface area contributed by atoms with Crippen molar-refractivity contribution in [1.29, 1.82) is 0 Å². The maximum atomic E-state index is 4.84. The molecule has 0 atom stereocenters. The van der Waals surface area contributed by atoms with Crippen molar-refractivity contribution in [3.8, 4) is 0 Å². The number of pyridine rings is 2. The molecule has 0 bridgehead atoms. The van der Waals surface area contributed by atoms with Gasteiger partial charge in [-0.2, -0.15) is 14.8 Å². The first kappa shape index (κ1) is 30.7. The van der Waals surface area contributed by atoms with Gasteiger partial charge in [-0.1, -0.05) is 60.7 Å². The van der Waals surface area contributed by atoms with Gasteiger partial charge in [0.2, 0.25) is 11.0 Å². The van der Waals surface area contributed by atoms with E-state index in [0.717, 1.165) is 48.4 Å². The van der Waals surface area contributed by atoms with Crippen molar-refractivity contribution in [3.63, 3.8) is 0 Å². The highest BCUT2D eigenvalue weighted by Gasteiger charge is 2.19. The number of fused-ring (bicyclic) bond motifs is 2. The Kier molecular flexibility index (Phi) is 10.1. The summed E-state index contributed by atoms with van der Waals surface area (Å²) in [4.78, 5) is 0. The highest BCUT2D eigenvalue weighted by atomic mass is 15.4. The average molecular weight is 607 g/mol. The van der Waals surface area contributed by atoms with Crippen molar-refractivity contribution in [3.05, 3.63) is 145 Å². The fourth-order valence-electron chi connectivity index (χ4n) is 5.92. The number of hydrazone groups is 2. The molecule has 0 fully saturated rings. The highest BCUT2D eigenvalue weighted by molar-refractivity contribution is 6.08. The second-order valence-electron chi connectivity index (χ2n) is 11.6. The molecule has 230 valence electrons. The summed E-state index contributed by atoms with van der Waals surface area (Å²) in [7, 11) is 3.97. The fraction of sp³-hybridized carbons (Fsp3) is 0.200. The van der Waals surface area contributed by atoms with Gasteiger partial charge in [-0.3, -0.25) is 10.0 Å². The lowest BCUT2D eigenvalue weighted by atomic mass is 10.0. The Labute approximate surface area is 272 Å². The molecule has 0 aliphatic heterocycles. The first-order valence-corrected chi connectivity index (χ1v) is 16.2. The molecule has 0 amide bonds. The van der Waals surface area contributed by atoms with Crippen LogP contribution in [0.1, 0.15) is 36.8 Å². The Morgan fingerprint density at radius 1 is 0.543 bits per heavy atom. The van der Waals surface area contributed by atoms with Crippen LogP contribution in [0.2, 0.25) is 0 Å². The molecule has 0 saturated carbocycles. The maximum Gasteiger partial charge on any atom is 0.213 e. The Balaban J connectivity index is 1.09. The molecule has 6 nitrogen and oxygen atoms in total. The number of rotatable bonds is 13. The van der Waals surface area contributed by atoms with E-state index in [1.807, 2.05) is 72.9 Å². The minimum absolute atomic E-state index is 0.983. The Morgan fingerprint density at radius 3 is 1.67 bits per heavy atom. The normalized spacial score (nSPS) is 11.6. The van der Waals surface area contributed by atoms with E-state index in [4.69, 9.17) is 5.10 Å². The van der Waals surface area contributed by atoms with Crippen LogP contribution in [0.4, 0.5) is 11.4 Å². The highest BCUT2D eigenvalue weighted by Crippen LogP contribution is 2.24. The van der Waals surface area contributed by atoms with Crippen LogP contribution in [-0.4, -0.2) is 26.5 Å². The van der Waals surface area contributed by atoms with Crippen LogP contribution in [0, 0.1) is 0 Å². The molecule has 0 radical (unpaired) electrons. The van der Waals surface area contributed by atoms with Gasteiger partial charge >= 0.3 is 0 Å². The van der Waals surface area contributed by atoms with E-state index in [0.29, 0.717) is 0 Å². The third kappa shape index (κ3) is 7.46. The van der Waals surface area contributed by atoms with Crippen LogP contribution in [-0.2, 0) is 13.1 Å². The van der Waals surface area contributed by atoms with Crippen LogP contribution in [0.25, 0.3) is 21.8 Å². The molecule has 2 aromatic heterocycles. The zero-order valence-electron chi connectivity index (χ0n) is 26.8. The minimum Gasteiger partial charge on any atom is -0.269 e. The monoisotopic (exact) mass is 606 g/mol. The molecule has 0 spiro atoms. The van der Waals surface area contributed by atoms with E-state index in [-0.39, 0.29) is 0 Å². The van der Waals surface area contributed by atoms with Gasteiger partial charge in [0, 0.05) is 50.7 Å². The lowest BCUT2D eigenvalue weighted by Gasteiger charge is -2.13. The lowest BCUT2D eigenvalue weighted by Crippen LogP contribution is -2.36. The number of aromatic nitrogens is 2. The molecule has 4 aromatic carbocycles. The number of hydrogen-bond donors (Lipinski definition) is 0. The molecule has 46 heavy (non-hydrogen) atoms. The van der Waals surface area contributed by atoms with Crippen molar-refractivity contribution in [2.45, 2.75) is 38.8 Å². The minimum atomic E-state index is 0.983. The smallest absolute Gasteiger partial charge is 0.213 e. The van der Waals surface area contributed by atoms with Crippen LogP contribution < -0.4 is 19.2 Å². The summed E-state index contributed by atoms with van der Waals surface area (Å²) < 4.78 is 4.77. The molecule has 6 rings (SSSR count). The number of unbranched alkanes of at least 4 members (excludes halogenated alkanes) is 3. The first-order chi connectivity index (χ1) is 22.7. The first-order valence-electron chi connectivity index (χ1n) is 16.2. The van der Waals surface area contributed by atoms with Crippen LogP contribution in [0.15, 0.2) is 144 Å². The standard InChI is InChI=1S/C40H42N6/c1-43(34-19-7-5-8-20-34)41-30-33-18-17-28-45(32-33)27-15-3-4-16-29-46-39-25-13-11-23-36(39)38(37-24-12-14-26-40(37)46)31-42-44(2)35-21-9-6-10-22-35/h5-14,17-26,28,30-32H,3-4,15-16,27,29H2,1-2H3/q+2. The maximum absolute atomic E-state index is 4.84. The molecule has 6 aromatic rings. The van der Waals surface area contributed by atoms with Gasteiger partial charge in [-0.15, -0.1) is 0 Å². The SMILES string of the molecule is CN(N=Cc1ccc[n+](CCCCCC[n+]2c3ccccc3c(C=NN(C)c3ccccc3)c3ccccc32)c1)c1ccccc1. The van der Waals surface area contributed by atoms with Crippen molar-refractivity contribution in [2.75, 3.05) is 24.1 Å². The van der Waals surface area contributed by atoms with Crippen LogP contribution in [0.3, 0.4) is 0 Å². The molecule has 0 unspecified atom stereocenters. The van der Waals surface area contributed by atoms with E-state index in [2.05, 4.69) is 112 Å². The predicted molar refractivity (Wildman–Crippen MR) is 192 cm³/mol. The van der Waals surface area contributed by atoms with Gasteiger partial charge in [0.05, 0.1) is 40.1 Å². The Bertz CT molecular complexity index is 1880. The summed E-state index contributed by atoms with van der Waals surface area (Å²) in [6.45, 7) is 1.98. The second kappa shape index (κ2) is 15.1. The molecule has 0 saturated heterocycles. The van der Waals surface area contributed by atoms with Crippen molar-refractivity contribution < 1.29 is 9.13 Å². The largest absolute Gasteiger partial charge is 0.269 e. The quantitative estimate of drug-likeness (QED) is 0.0443. The third-order valence-electron chi connectivity index (χ3n) is 8.40. The molecule has 2 heterocycles. The van der Waals surface area contributed by atoms with Crippen LogP contribution >= 0.6 is 0 Å². The van der Waals surface area contributed by atoms with Crippen LogP contribution in [0.5, 0.6) is 0 Å². The predicted octanol–water partition coefficient (Wildman–Crippen LogP) is 7.77. The summed E-state index contributed by atoms with van der Waals surface area (Å²) in [5, 5.41) is 15.7. The van der Waals surface area contributed by atoms with Crippen molar-refractivity contribution in [1.82, 2.24) is 0 Å². The lowest BCUT2D eigenvalue weighted by molar-refractivity contribution is -0.697. The Morgan fingerprint density at radius 2 is 1.07 bits per heavy atom. The van der Waals surface area contributed by atoms with E-state index < -0.39 is 0 Å². The Hall–Kier alpha value is -5.36. The number of para-hydroxylation sites is 4. The summed E-state index contributed by atoms with van der Waals surface area (Å²) >= 11 is 0. The summed E-state index contributed by atoms with van der Waals surface area (Å²) in [5.41, 5.74) is 6.87. The number of hydrogen-bond acceptors (Lipinski definition) is 4. The van der Waals surface area contributed by atoms with E-state index in [1.54, 1.807) is 0 Å². The molecule has 0 N–H and O–H groups in total. The number of aryl methyl sites for hydroxylation is 2. The van der Waals surface area contributed by atoms with Gasteiger partial charge in [-0.25, -0.2) is 4.57 Å². The summed E-state index contributed by atoms with van der Waals surface area (Å²) in [5.74, 6) is 0. The van der Waals surface area contributed by atoms with E-state index in [9.17, 15) is 0 Å². The van der Waals surface area contributed by atoms with E-state index in [1.165, 1.54) is 34.6 Å². The van der Waals surface area contributed by atoms with Crippen molar-refractivity contribution >= 4 is 45.6 Å². The summed E-state index contributed by atoms with van der Waals surface area (Å²) in [6, 6.07) is 42.1. The van der Waals surface area contributed by atoms with Gasteiger partial charge in [-0.05, 0) is 55.3 Å². The van der Waals surface area contributed by atoms with Crippen molar-refractivity contribution in [2.24, 2.45) is 10.2 Å². The molecule has 0 aliphatic carbocycles. The van der Waals surface area contributed by atoms with Gasteiger partial charge in [0.15, 0.2) is 12.4 Å². The molecule has 0 aliphatic rings. The molecular weight excluding hydrogens is 564 g/mol. The number of benzene rings is 4. The van der Waals surface area contributed by atoms with E-state index >= 15 is 0 Å². The number of anilines is 2. The average Bonchev–Trinajstić information content (AvgIpc) is 3.12. The van der Waals surface area contributed by atoms with Gasteiger partial charge in [0.25, 0.3) is 0 Å². The zero-order chi connectivity index (χ0) is 31.6. The fourth-order valence-corrected chi connectivity index (χ4v) is 5.92. The second-order valence-corrected chi connectivity index (χ2v) is 11.6. The summed E-state index contributed by atoms with van der Waals surface area (Å²) in [6.07, 6.45) is 12.9. The van der Waals surface area contributed by atoms with Gasteiger partial charge < -0.3 is 0 Å². The zero-order valence-corrected chi connectivity index (χ0v) is 26.8. The molecular formula is C40H42N6+2. The third-order valence-corrected chi connectivity index (χ3v) is 8.40.